The lowest BCUT2D eigenvalue weighted by atomic mass is 10.1. The Kier molecular flexibility index (Phi) is 2.97. The Hall–Kier alpha value is -1.53. The van der Waals surface area contributed by atoms with Crippen molar-refractivity contribution in [2.75, 3.05) is 13.3 Å². The van der Waals surface area contributed by atoms with E-state index in [1.165, 1.54) is 0 Å². The maximum atomic E-state index is 5.55. The van der Waals surface area contributed by atoms with Crippen LogP contribution in [0.15, 0.2) is 22.7 Å². The van der Waals surface area contributed by atoms with Crippen LogP contribution in [0.3, 0.4) is 0 Å². The van der Waals surface area contributed by atoms with Gasteiger partial charge >= 0.3 is 0 Å². The summed E-state index contributed by atoms with van der Waals surface area (Å²) in [5, 5.41) is 7.30. The molecule has 3 N–H and O–H groups in total. The molecule has 1 aliphatic heterocycles. The summed E-state index contributed by atoms with van der Waals surface area (Å²) in [6, 6.07) is 5.78. The summed E-state index contributed by atoms with van der Waals surface area (Å²) in [4.78, 5) is 0. The minimum absolute atomic E-state index is 0.277. The quantitative estimate of drug-likeness (QED) is 0.910. The van der Waals surface area contributed by atoms with Gasteiger partial charge in [0.1, 0.15) is 5.69 Å². The van der Waals surface area contributed by atoms with Crippen LogP contribution in [0.2, 0.25) is 0 Å². The van der Waals surface area contributed by atoms with Crippen LogP contribution < -0.4 is 15.2 Å². The molecule has 0 amide bonds. The van der Waals surface area contributed by atoms with Gasteiger partial charge in [-0.2, -0.15) is 5.10 Å². The standard InChI is InChI=1S/C12H12BrN3O2/c13-11-8(3-4-14)15-16-12(11)7-1-2-9-10(5-7)18-6-17-9/h1-2,5H,3-4,6,14H2,(H,15,16). The lowest BCUT2D eigenvalue weighted by molar-refractivity contribution is 0.174. The zero-order chi connectivity index (χ0) is 12.5. The van der Waals surface area contributed by atoms with E-state index in [2.05, 4.69) is 26.1 Å². The van der Waals surface area contributed by atoms with Crippen molar-refractivity contribution in [2.45, 2.75) is 6.42 Å². The average molecular weight is 310 g/mol. The molecule has 1 aromatic carbocycles. The second-order valence-corrected chi connectivity index (χ2v) is 4.76. The van der Waals surface area contributed by atoms with Crippen molar-refractivity contribution in [3.05, 3.63) is 28.4 Å². The molecule has 3 rings (SSSR count). The fourth-order valence-corrected chi connectivity index (χ4v) is 2.51. The second-order valence-electron chi connectivity index (χ2n) is 3.97. The van der Waals surface area contributed by atoms with Crippen LogP contribution in [0.5, 0.6) is 11.5 Å². The number of aromatic nitrogens is 2. The van der Waals surface area contributed by atoms with Gasteiger partial charge in [-0.05, 0) is 40.7 Å². The molecule has 1 aromatic heterocycles. The molecule has 2 aromatic rings. The molecule has 1 aliphatic rings. The molecule has 0 radical (unpaired) electrons. The fourth-order valence-electron chi connectivity index (χ4n) is 1.91. The number of fused-ring (bicyclic) bond motifs is 1. The number of hydrogen-bond acceptors (Lipinski definition) is 4. The van der Waals surface area contributed by atoms with Crippen molar-refractivity contribution >= 4 is 15.9 Å². The van der Waals surface area contributed by atoms with Crippen LogP contribution in [-0.4, -0.2) is 23.5 Å². The Balaban J connectivity index is 1.99. The van der Waals surface area contributed by atoms with Gasteiger partial charge in [0.25, 0.3) is 0 Å². The molecule has 18 heavy (non-hydrogen) atoms. The van der Waals surface area contributed by atoms with Gasteiger partial charge in [-0.3, -0.25) is 5.10 Å². The number of rotatable bonds is 3. The van der Waals surface area contributed by atoms with Crippen LogP contribution in [-0.2, 0) is 6.42 Å². The van der Waals surface area contributed by atoms with E-state index < -0.39 is 0 Å². The SMILES string of the molecule is NCCc1[nH]nc(-c2ccc3c(c2)OCO3)c1Br. The predicted octanol–water partition coefficient (Wildman–Crippen LogP) is 2.07. The summed E-state index contributed by atoms with van der Waals surface area (Å²) in [7, 11) is 0. The highest BCUT2D eigenvalue weighted by Crippen LogP contribution is 2.37. The van der Waals surface area contributed by atoms with Crippen molar-refractivity contribution < 1.29 is 9.47 Å². The molecule has 0 saturated heterocycles. The van der Waals surface area contributed by atoms with E-state index in [-0.39, 0.29) is 6.79 Å². The summed E-state index contributed by atoms with van der Waals surface area (Å²) in [5.74, 6) is 1.52. The Labute approximate surface area is 112 Å². The Morgan fingerprint density at radius 3 is 3.00 bits per heavy atom. The van der Waals surface area contributed by atoms with Crippen molar-refractivity contribution in [1.29, 1.82) is 0 Å². The maximum absolute atomic E-state index is 5.55. The minimum Gasteiger partial charge on any atom is -0.454 e. The van der Waals surface area contributed by atoms with Gasteiger partial charge in [0.15, 0.2) is 11.5 Å². The minimum atomic E-state index is 0.277. The van der Waals surface area contributed by atoms with Crippen LogP contribution in [0, 0.1) is 0 Å². The van der Waals surface area contributed by atoms with Gasteiger partial charge < -0.3 is 15.2 Å². The number of halogens is 1. The Morgan fingerprint density at radius 2 is 2.17 bits per heavy atom. The second kappa shape index (κ2) is 4.62. The van der Waals surface area contributed by atoms with Crippen LogP contribution in [0.1, 0.15) is 5.69 Å². The number of nitrogens with one attached hydrogen (secondary N) is 1. The molecule has 0 atom stereocenters. The zero-order valence-electron chi connectivity index (χ0n) is 9.57. The summed E-state index contributed by atoms with van der Waals surface area (Å²) in [6.45, 7) is 0.861. The normalized spacial score (nSPS) is 13.0. The number of benzene rings is 1. The van der Waals surface area contributed by atoms with Crippen LogP contribution in [0.25, 0.3) is 11.3 Å². The van der Waals surface area contributed by atoms with Crippen molar-refractivity contribution in [3.63, 3.8) is 0 Å². The number of ether oxygens (including phenoxy) is 2. The molecule has 0 saturated carbocycles. The summed E-state index contributed by atoms with van der Waals surface area (Å²) >= 11 is 3.55. The molecule has 0 unspecified atom stereocenters. The largest absolute Gasteiger partial charge is 0.454 e. The molecule has 6 heteroatoms. The molecule has 0 bridgehead atoms. The van der Waals surface area contributed by atoms with Gasteiger partial charge in [-0.1, -0.05) is 0 Å². The molecular weight excluding hydrogens is 298 g/mol. The summed E-state index contributed by atoms with van der Waals surface area (Å²) < 4.78 is 11.6. The summed E-state index contributed by atoms with van der Waals surface area (Å²) in [5.41, 5.74) is 8.39. The van der Waals surface area contributed by atoms with Crippen molar-refractivity contribution in [3.8, 4) is 22.8 Å². The third-order valence-corrected chi connectivity index (χ3v) is 3.67. The lowest BCUT2D eigenvalue weighted by Gasteiger charge is -2.01. The first-order chi connectivity index (χ1) is 8.79. The molecule has 0 fully saturated rings. The van der Waals surface area contributed by atoms with Gasteiger partial charge in [-0.25, -0.2) is 0 Å². The van der Waals surface area contributed by atoms with E-state index in [1.807, 2.05) is 18.2 Å². The summed E-state index contributed by atoms with van der Waals surface area (Å²) in [6.07, 6.45) is 0.762. The van der Waals surface area contributed by atoms with E-state index in [1.54, 1.807) is 0 Å². The van der Waals surface area contributed by atoms with Crippen LogP contribution >= 0.6 is 15.9 Å². The molecule has 0 aliphatic carbocycles. The number of H-pyrrole nitrogens is 1. The first-order valence-electron chi connectivity index (χ1n) is 5.62. The average Bonchev–Trinajstić information content (AvgIpc) is 2.97. The van der Waals surface area contributed by atoms with E-state index in [0.717, 1.165) is 39.3 Å². The Morgan fingerprint density at radius 1 is 1.33 bits per heavy atom. The lowest BCUT2D eigenvalue weighted by Crippen LogP contribution is -2.03. The van der Waals surface area contributed by atoms with Crippen molar-refractivity contribution in [2.24, 2.45) is 5.73 Å². The Bertz CT molecular complexity index is 583. The number of nitrogens with zero attached hydrogens (tertiary/aromatic N) is 1. The highest BCUT2D eigenvalue weighted by Gasteiger charge is 2.17. The maximum Gasteiger partial charge on any atom is 0.231 e. The molecule has 5 nitrogen and oxygen atoms in total. The smallest absolute Gasteiger partial charge is 0.231 e. The monoisotopic (exact) mass is 309 g/mol. The predicted molar refractivity (Wildman–Crippen MR) is 70.6 cm³/mol. The van der Waals surface area contributed by atoms with Gasteiger partial charge in [0.2, 0.25) is 6.79 Å². The van der Waals surface area contributed by atoms with Gasteiger partial charge in [0.05, 0.1) is 10.2 Å². The number of aromatic amines is 1. The zero-order valence-corrected chi connectivity index (χ0v) is 11.2. The van der Waals surface area contributed by atoms with Crippen LogP contribution in [0.4, 0.5) is 0 Å². The third-order valence-electron chi connectivity index (χ3n) is 2.82. The van der Waals surface area contributed by atoms with Crippen molar-refractivity contribution in [1.82, 2.24) is 10.2 Å². The first-order valence-corrected chi connectivity index (χ1v) is 6.41. The molecular formula is C12H12BrN3O2. The third kappa shape index (κ3) is 1.87. The highest BCUT2D eigenvalue weighted by molar-refractivity contribution is 9.10. The van der Waals surface area contributed by atoms with E-state index >= 15 is 0 Å². The van der Waals surface area contributed by atoms with E-state index in [0.29, 0.717) is 6.54 Å². The topological polar surface area (TPSA) is 73.2 Å². The number of hydrogen-bond donors (Lipinski definition) is 2. The highest BCUT2D eigenvalue weighted by atomic mass is 79.9. The molecule has 2 heterocycles. The molecule has 0 spiro atoms. The first kappa shape index (κ1) is 11.6. The number of nitrogens with two attached hydrogens (primary N) is 1. The fraction of sp³-hybridized carbons (Fsp3) is 0.250. The van der Waals surface area contributed by atoms with E-state index in [4.69, 9.17) is 15.2 Å². The van der Waals surface area contributed by atoms with Gasteiger partial charge in [-0.15, -0.1) is 0 Å². The molecule has 94 valence electrons. The van der Waals surface area contributed by atoms with Gasteiger partial charge in [0, 0.05) is 12.0 Å². The van der Waals surface area contributed by atoms with E-state index in [9.17, 15) is 0 Å².